The van der Waals surface area contributed by atoms with E-state index in [0.717, 1.165) is 23.7 Å². The van der Waals surface area contributed by atoms with Crippen LogP contribution in [0.4, 0.5) is 0 Å². The van der Waals surface area contributed by atoms with Gasteiger partial charge >= 0.3 is 0 Å². The van der Waals surface area contributed by atoms with Gasteiger partial charge in [0.15, 0.2) is 0 Å². The predicted octanol–water partition coefficient (Wildman–Crippen LogP) is 11.9. The Morgan fingerprint density at radius 3 is 1.88 bits per heavy atom. The van der Waals surface area contributed by atoms with Gasteiger partial charge in [-0.25, -0.2) is 0 Å². The van der Waals surface area contributed by atoms with Crippen molar-refractivity contribution >= 4 is 45.8 Å². The summed E-state index contributed by atoms with van der Waals surface area (Å²) in [4.78, 5) is 0. The van der Waals surface area contributed by atoms with Crippen molar-refractivity contribution in [1.82, 2.24) is 4.57 Å². The lowest BCUT2D eigenvalue weighted by Gasteiger charge is -2.61. The molecule has 240 valence electrons. The van der Waals surface area contributed by atoms with E-state index in [-0.39, 0.29) is 5.41 Å². The Labute approximate surface area is 290 Å². The van der Waals surface area contributed by atoms with Crippen molar-refractivity contribution in [2.24, 2.45) is 23.7 Å². The molecule has 4 saturated carbocycles. The first kappa shape index (κ1) is 28.4. The van der Waals surface area contributed by atoms with Gasteiger partial charge in [-0.05, 0) is 124 Å². The summed E-state index contributed by atoms with van der Waals surface area (Å²) in [6, 6.07) is 47.1. The van der Waals surface area contributed by atoms with Crippen LogP contribution in [-0.4, -0.2) is 12.6 Å². The Morgan fingerprint density at radius 2 is 1.16 bits per heavy atom. The van der Waals surface area contributed by atoms with Crippen molar-refractivity contribution in [3.05, 3.63) is 132 Å². The summed E-state index contributed by atoms with van der Waals surface area (Å²) < 4.78 is 2.56. The molecule has 0 atom stereocenters. The summed E-state index contributed by atoms with van der Waals surface area (Å²) in [7, 11) is -1.33. The normalized spacial score (nSPS) is 25.1. The van der Waals surface area contributed by atoms with Gasteiger partial charge in [0.25, 0.3) is 0 Å². The van der Waals surface area contributed by atoms with Crippen molar-refractivity contribution in [1.29, 1.82) is 0 Å². The number of aromatic nitrogens is 1. The standard InChI is InChI=1S/C47H43NSi/c1-49(2,3)37-19-14-32(15-20-37)31-12-17-36(18-13-31)48-42-22-16-33-8-4-5-9-38(33)45(42)46-43(48)23-21-41-44(46)39-10-6-7-11-40(39)47(41)34-25-29-24-30(27-34)28-35(47)26-29/h4-23,29-30,34-35H,24-28H2,1-3H3. The molecule has 5 aliphatic carbocycles. The van der Waals surface area contributed by atoms with E-state index in [0.29, 0.717) is 0 Å². The van der Waals surface area contributed by atoms with E-state index in [1.807, 2.05) is 0 Å². The highest BCUT2D eigenvalue weighted by Crippen LogP contribution is 2.70. The molecule has 0 saturated heterocycles. The number of benzene rings is 6. The molecule has 0 aliphatic heterocycles. The summed E-state index contributed by atoms with van der Waals surface area (Å²) in [5.41, 5.74) is 12.9. The molecule has 2 heteroatoms. The van der Waals surface area contributed by atoms with E-state index in [2.05, 4.69) is 146 Å². The van der Waals surface area contributed by atoms with E-state index in [1.54, 1.807) is 11.1 Å². The average Bonchev–Trinajstić information content (AvgIpc) is 3.61. The first-order chi connectivity index (χ1) is 23.9. The molecule has 6 aromatic carbocycles. The maximum Gasteiger partial charge on any atom is 0.0775 e. The molecule has 4 bridgehead atoms. The minimum atomic E-state index is -1.33. The van der Waals surface area contributed by atoms with E-state index in [1.165, 1.54) is 97.8 Å². The third-order valence-electron chi connectivity index (χ3n) is 13.5. The van der Waals surface area contributed by atoms with Gasteiger partial charge in [-0.3, -0.25) is 0 Å². The van der Waals surface area contributed by atoms with Crippen molar-refractivity contribution in [2.75, 3.05) is 0 Å². The molecule has 0 N–H and O–H groups in total. The third-order valence-corrected chi connectivity index (χ3v) is 15.6. The fraction of sp³-hybridized carbons (Fsp3) is 0.277. The highest BCUT2D eigenvalue weighted by Gasteiger charge is 2.61. The van der Waals surface area contributed by atoms with Crippen LogP contribution in [0, 0.1) is 23.7 Å². The molecule has 12 rings (SSSR count). The Bertz CT molecular complexity index is 2440. The second-order valence-electron chi connectivity index (χ2n) is 17.0. The molecule has 0 unspecified atom stereocenters. The van der Waals surface area contributed by atoms with Gasteiger partial charge in [-0.1, -0.05) is 122 Å². The smallest absolute Gasteiger partial charge is 0.0775 e. The largest absolute Gasteiger partial charge is 0.309 e. The summed E-state index contributed by atoms with van der Waals surface area (Å²) in [5, 5.41) is 7.05. The van der Waals surface area contributed by atoms with Crippen LogP contribution in [0.2, 0.25) is 19.6 Å². The first-order valence-corrected chi connectivity index (χ1v) is 22.2. The van der Waals surface area contributed by atoms with Crippen molar-refractivity contribution in [2.45, 2.75) is 57.2 Å². The van der Waals surface area contributed by atoms with E-state index < -0.39 is 8.07 Å². The summed E-state index contributed by atoms with van der Waals surface area (Å²) in [5.74, 6) is 3.42. The lowest BCUT2D eigenvalue weighted by molar-refractivity contribution is -0.0399. The Kier molecular flexibility index (Phi) is 5.72. The Morgan fingerprint density at radius 1 is 0.551 bits per heavy atom. The second-order valence-corrected chi connectivity index (χ2v) is 22.1. The van der Waals surface area contributed by atoms with Crippen LogP contribution in [0.5, 0.6) is 0 Å². The average molecular weight is 650 g/mol. The maximum atomic E-state index is 2.59. The topological polar surface area (TPSA) is 4.93 Å². The van der Waals surface area contributed by atoms with E-state index >= 15 is 0 Å². The van der Waals surface area contributed by atoms with Crippen LogP contribution >= 0.6 is 0 Å². The van der Waals surface area contributed by atoms with Gasteiger partial charge in [0.1, 0.15) is 0 Å². The van der Waals surface area contributed by atoms with Crippen molar-refractivity contribution in [3.63, 3.8) is 0 Å². The van der Waals surface area contributed by atoms with Crippen LogP contribution in [0.15, 0.2) is 121 Å². The lowest BCUT2D eigenvalue weighted by atomic mass is 9.43. The first-order valence-electron chi connectivity index (χ1n) is 18.7. The quantitative estimate of drug-likeness (QED) is 0.168. The van der Waals surface area contributed by atoms with Crippen molar-refractivity contribution in [3.8, 4) is 27.9 Å². The zero-order valence-electron chi connectivity index (χ0n) is 28.8. The molecule has 1 aromatic heterocycles. The highest BCUT2D eigenvalue weighted by molar-refractivity contribution is 6.88. The number of nitrogens with zero attached hydrogens (tertiary/aromatic N) is 1. The molecular formula is C47H43NSi. The predicted molar refractivity (Wildman–Crippen MR) is 210 cm³/mol. The second kappa shape index (κ2) is 9.85. The van der Waals surface area contributed by atoms with Gasteiger partial charge in [-0.2, -0.15) is 0 Å². The lowest BCUT2D eigenvalue weighted by Crippen LogP contribution is -2.55. The molecular weight excluding hydrogens is 607 g/mol. The zero-order valence-corrected chi connectivity index (χ0v) is 29.8. The molecule has 49 heavy (non-hydrogen) atoms. The van der Waals surface area contributed by atoms with Crippen LogP contribution in [-0.2, 0) is 5.41 Å². The highest BCUT2D eigenvalue weighted by atomic mass is 28.3. The Balaban J connectivity index is 1.17. The number of rotatable bonds is 3. The Hall–Kier alpha value is -4.40. The molecule has 1 heterocycles. The molecule has 7 aromatic rings. The zero-order chi connectivity index (χ0) is 32.6. The summed E-state index contributed by atoms with van der Waals surface area (Å²) >= 11 is 0. The van der Waals surface area contributed by atoms with Gasteiger partial charge in [0, 0.05) is 21.9 Å². The van der Waals surface area contributed by atoms with Crippen molar-refractivity contribution < 1.29 is 0 Å². The SMILES string of the molecule is C[Si](C)(C)c1ccc(-c2ccc(-n3c4ccc5c(c4c4c6ccccc6ccc43)-c3ccccc3C53C4CC5CC(C4)CC3C5)cc2)cc1. The van der Waals surface area contributed by atoms with Crippen LogP contribution in [0.1, 0.15) is 43.2 Å². The fourth-order valence-electron chi connectivity index (χ4n) is 11.8. The fourth-order valence-corrected chi connectivity index (χ4v) is 12.9. The molecule has 4 fully saturated rings. The molecule has 0 radical (unpaired) electrons. The van der Waals surface area contributed by atoms with E-state index in [4.69, 9.17) is 0 Å². The van der Waals surface area contributed by atoms with Gasteiger partial charge in [0.05, 0.1) is 19.1 Å². The number of fused-ring (bicyclic) bond motifs is 9. The van der Waals surface area contributed by atoms with Crippen LogP contribution < -0.4 is 5.19 Å². The van der Waals surface area contributed by atoms with Crippen LogP contribution in [0.25, 0.3) is 60.5 Å². The summed E-state index contributed by atoms with van der Waals surface area (Å²) in [6.07, 6.45) is 7.14. The van der Waals surface area contributed by atoms with E-state index in [9.17, 15) is 0 Å². The number of hydrogen-bond acceptors (Lipinski definition) is 0. The van der Waals surface area contributed by atoms with Crippen LogP contribution in [0.3, 0.4) is 0 Å². The molecule has 0 amide bonds. The molecule has 1 spiro atoms. The van der Waals surface area contributed by atoms with Gasteiger partial charge < -0.3 is 4.57 Å². The third kappa shape index (κ3) is 3.76. The van der Waals surface area contributed by atoms with Gasteiger partial charge in [0.2, 0.25) is 0 Å². The summed E-state index contributed by atoms with van der Waals surface area (Å²) in [6.45, 7) is 7.26. The molecule has 5 aliphatic rings. The number of hydrogen-bond donors (Lipinski definition) is 0. The monoisotopic (exact) mass is 649 g/mol. The minimum Gasteiger partial charge on any atom is -0.309 e. The minimum absolute atomic E-state index is 0.166. The van der Waals surface area contributed by atoms with Gasteiger partial charge in [-0.15, -0.1) is 0 Å². The molecule has 1 nitrogen and oxygen atoms in total. The maximum absolute atomic E-state index is 2.59.